The molecular formula is C27H18ClN3O3S. The molecule has 0 bridgehead atoms. The van der Waals surface area contributed by atoms with Crippen molar-refractivity contribution in [1.29, 1.82) is 0 Å². The predicted octanol–water partition coefficient (Wildman–Crippen LogP) is 6.93. The minimum absolute atomic E-state index is 0.174. The monoisotopic (exact) mass is 499 g/mol. The number of hydrogen-bond acceptors (Lipinski definition) is 5. The average molecular weight is 500 g/mol. The van der Waals surface area contributed by atoms with Crippen molar-refractivity contribution in [2.75, 3.05) is 5.32 Å². The molecule has 0 aliphatic rings. The van der Waals surface area contributed by atoms with Gasteiger partial charge in [-0.2, -0.15) is 0 Å². The Morgan fingerprint density at radius 2 is 1.71 bits per heavy atom. The number of nitrogens with one attached hydrogen (secondary N) is 2. The van der Waals surface area contributed by atoms with Gasteiger partial charge in [0.05, 0.1) is 0 Å². The lowest BCUT2D eigenvalue weighted by Gasteiger charge is -2.08. The summed E-state index contributed by atoms with van der Waals surface area (Å²) in [5.74, 6) is 1.41. The molecule has 5 rings (SSSR count). The third kappa shape index (κ3) is 5.48. The highest BCUT2D eigenvalue weighted by Gasteiger charge is 2.09. The zero-order chi connectivity index (χ0) is 24.2. The summed E-state index contributed by atoms with van der Waals surface area (Å²) in [6.07, 6.45) is 2.96. The van der Waals surface area contributed by atoms with Gasteiger partial charge in [-0.25, -0.2) is 4.98 Å². The molecule has 0 aliphatic carbocycles. The number of rotatable bonds is 5. The number of aromatic nitrogens is 1. The number of carbonyl (C=O) groups excluding carboxylic acids is 1. The fourth-order valence-corrected chi connectivity index (χ4v) is 3.78. The van der Waals surface area contributed by atoms with Gasteiger partial charge < -0.3 is 14.2 Å². The van der Waals surface area contributed by atoms with Crippen molar-refractivity contribution in [3.63, 3.8) is 0 Å². The Hall–Kier alpha value is -4.20. The quantitative estimate of drug-likeness (QED) is 0.201. The van der Waals surface area contributed by atoms with E-state index in [1.807, 2.05) is 60.7 Å². The van der Waals surface area contributed by atoms with Crippen LogP contribution in [0.4, 0.5) is 5.69 Å². The summed E-state index contributed by atoms with van der Waals surface area (Å²) in [5.41, 5.74) is 3.83. The van der Waals surface area contributed by atoms with Crippen molar-refractivity contribution in [3.8, 4) is 22.8 Å². The van der Waals surface area contributed by atoms with Gasteiger partial charge in [-0.1, -0.05) is 41.9 Å². The van der Waals surface area contributed by atoms with Gasteiger partial charge in [0.2, 0.25) is 11.8 Å². The molecule has 0 fully saturated rings. The van der Waals surface area contributed by atoms with Crippen molar-refractivity contribution in [2.45, 2.75) is 0 Å². The molecule has 172 valence electrons. The summed E-state index contributed by atoms with van der Waals surface area (Å²) in [4.78, 5) is 16.7. The van der Waals surface area contributed by atoms with Crippen molar-refractivity contribution in [1.82, 2.24) is 10.3 Å². The lowest BCUT2D eigenvalue weighted by molar-refractivity contribution is -0.115. The standard InChI is InChI=1S/C27H18ClN3O3S/c28-19-8-13-24-22(16-19)30-26(34-24)18-6-9-20(10-7-18)29-27(35)31-25(32)15-12-21-11-14-23(33-21)17-4-2-1-3-5-17/h1-16H,(H2,29,31,32,35)/b15-12+. The van der Waals surface area contributed by atoms with Crippen LogP contribution in [-0.2, 0) is 4.79 Å². The van der Waals surface area contributed by atoms with Crippen LogP contribution in [0.3, 0.4) is 0 Å². The lowest BCUT2D eigenvalue weighted by atomic mass is 10.2. The third-order valence-electron chi connectivity index (χ3n) is 5.06. The van der Waals surface area contributed by atoms with Crippen LogP contribution in [0.15, 0.2) is 99.8 Å². The predicted molar refractivity (Wildman–Crippen MR) is 142 cm³/mol. The molecule has 0 saturated heterocycles. The molecule has 0 radical (unpaired) electrons. The molecule has 0 spiro atoms. The minimum atomic E-state index is -0.373. The van der Waals surface area contributed by atoms with Gasteiger partial charge in [0.1, 0.15) is 17.0 Å². The number of carbonyl (C=O) groups is 1. The topological polar surface area (TPSA) is 80.3 Å². The maximum absolute atomic E-state index is 12.2. The summed E-state index contributed by atoms with van der Waals surface area (Å²) in [6, 6.07) is 26.0. The van der Waals surface area contributed by atoms with Gasteiger partial charge in [0.15, 0.2) is 10.7 Å². The number of oxazole rings is 1. The zero-order valence-electron chi connectivity index (χ0n) is 18.2. The Labute approximate surface area is 211 Å². The van der Waals surface area contributed by atoms with Crippen molar-refractivity contribution in [3.05, 3.63) is 102 Å². The second-order valence-electron chi connectivity index (χ2n) is 7.55. The maximum Gasteiger partial charge on any atom is 0.250 e. The summed E-state index contributed by atoms with van der Waals surface area (Å²) < 4.78 is 11.5. The largest absolute Gasteiger partial charge is 0.457 e. The SMILES string of the molecule is O=C(/C=C/c1ccc(-c2ccccc2)o1)NC(=S)Nc1ccc(-c2nc3cc(Cl)ccc3o2)cc1. The van der Waals surface area contributed by atoms with Crippen LogP contribution in [-0.4, -0.2) is 16.0 Å². The second kappa shape index (κ2) is 9.97. The van der Waals surface area contributed by atoms with Crippen LogP contribution >= 0.6 is 23.8 Å². The minimum Gasteiger partial charge on any atom is -0.457 e. The number of nitrogens with zero attached hydrogens (tertiary/aromatic N) is 1. The van der Waals surface area contributed by atoms with Gasteiger partial charge in [-0.3, -0.25) is 10.1 Å². The number of fused-ring (bicyclic) bond motifs is 1. The summed E-state index contributed by atoms with van der Waals surface area (Å²) in [6.45, 7) is 0. The van der Waals surface area contributed by atoms with Gasteiger partial charge in [0, 0.05) is 27.9 Å². The first-order valence-electron chi connectivity index (χ1n) is 10.7. The van der Waals surface area contributed by atoms with Crippen molar-refractivity contribution in [2.24, 2.45) is 0 Å². The fourth-order valence-electron chi connectivity index (χ4n) is 3.39. The van der Waals surface area contributed by atoms with Crippen LogP contribution in [0.2, 0.25) is 5.02 Å². The van der Waals surface area contributed by atoms with E-state index in [9.17, 15) is 4.79 Å². The number of thiocarbonyl (C=S) groups is 1. The Morgan fingerprint density at radius 3 is 2.51 bits per heavy atom. The van der Waals surface area contributed by atoms with E-state index in [4.69, 9.17) is 32.7 Å². The van der Waals surface area contributed by atoms with Crippen molar-refractivity contribution < 1.29 is 13.6 Å². The van der Waals surface area contributed by atoms with E-state index in [1.165, 1.54) is 6.08 Å². The number of hydrogen-bond donors (Lipinski definition) is 2. The summed E-state index contributed by atoms with van der Waals surface area (Å²) in [5, 5.41) is 6.37. The number of benzene rings is 3. The highest BCUT2D eigenvalue weighted by Crippen LogP contribution is 2.27. The highest BCUT2D eigenvalue weighted by molar-refractivity contribution is 7.80. The molecule has 2 N–H and O–H groups in total. The van der Waals surface area contributed by atoms with E-state index in [1.54, 1.807) is 30.3 Å². The first-order valence-corrected chi connectivity index (χ1v) is 11.4. The van der Waals surface area contributed by atoms with Crippen LogP contribution in [0, 0.1) is 0 Å². The number of amides is 1. The van der Waals surface area contributed by atoms with Gasteiger partial charge in [0.25, 0.3) is 0 Å². The van der Waals surface area contributed by atoms with E-state index >= 15 is 0 Å². The van der Waals surface area contributed by atoms with Crippen LogP contribution in [0.5, 0.6) is 0 Å². The first kappa shape index (κ1) is 22.6. The second-order valence-corrected chi connectivity index (χ2v) is 8.40. The highest BCUT2D eigenvalue weighted by atomic mass is 35.5. The number of halogens is 1. The van der Waals surface area contributed by atoms with Gasteiger partial charge >= 0.3 is 0 Å². The Morgan fingerprint density at radius 1 is 0.914 bits per heavy atom. The van der Waals surface area contributed by atoms with Crippen LogP contribution in [0.1, 0.15) is 5.76 Å². The maximum atomic E-state index is 12.2. The third-order valence-corrected chi connectivity index (χ3v) is 5.50. The van der Waals surface area contributed by atoms with Crippen LogP contribution in [0.25, 0.3) is 40.0 Å². The molecule has 2 heterocycles. The van der Waals surface area contributed by atoms with Crippen LogP contribution < -0.4 is 10.6 Å². The van der Waals surface area contributed by atoms with E-state index in [0.29, 0.717) is 33.5 Å². The van der Waals surface area contributed by atoms with E-state index in [-0.39, 0.29) is 11.0 Å². The Kier molecular flexibility index (Phi) is 6.43. The summed E-state index contributed by atoms with van der Waals surface area (Å²) in [7, 11) is 0. The molecule has 5 aromatic rings. The molecule has 0 atom stereocenters. The van der Waals surface area contributed by atoms with Gasteiger partial charge in [-0.05, 0) is 72.9 Å². The molecule has 3 aromatic carbocycles. The molecule has 6 nitrogen and oxygen atoms in total. The number of furan rings is 1. The van der Waals surface area contributed by atoms with Gasteiger partial charge in [-0.15, -0.1) is 0 Å². The summed E-state index contributed by atoms with van der Waals surface area (Å²) >= 11 is 11.3. The molecular weight excluding hydrogens is 482 g/mol. The molecule has 35 heavy (non-hydrogen) atoms. The molecule has 2 aromatic heterocycles. The molecule has 1 amide bonds. The fraction of sp³-hybridized carbons (Fsp3) is 0. The normalized spacial score (nSPS) is 11.1. The zero-order valence-corrected chi connectivity index (χ0v) is 19.8. The average Bonchev–Trinajstić information content (AvgIpc) is 3.51. The Bertz CT molecular complexity index is 1540. The van der Waals surface area contributed by atoms with E-state index in [2.05, 4.69) is 15.6 Å². The molecule has 8 heteroatoms. The Balaban J connectivity index is 1.17. The first-order chi connectivity index (χ1) is 17.0. The molecule has 0 aliphatic heterocycles. The van der Waals surface area contributed by atoms with Crippen molar-refractivity contribution >= 4 is 57.7 Å². The number of anilines is 1. The molecule has 0 unspecified atom stereocenters. The van der Waals surface area contributed by atoms with E-state index in [0.717, 1.165) is 16.9 Å². The lowest BCUT2D eigenvalue weighted by Crippen LogP contribution is -2.32. The van der Waals surface area contributed by atoms with E-state index < -0.39 is 0 Å². The molecule has 0 saturated carbocycles. The smallest absolute Gasteiger partial charge is 0.250 e.